The van der Waals surface area contributed by atoms with Crippen molar-refractivity contribution in [3.05, 3.63) is 0 Å². The standard InChI is InChI=1S/C13H28N2/c1-4-7-8-12(5-2)9-15-10-13(14,6-3)11-15/h12H,4-11,14H2,1-3H3. The molecule has 0 aromatic heterocycles. The van der Waals surface area contributed by atoms with E-state index < -0.39 is 0 Å². The van der Waals surface area contributed by atoms with E-state index in [1.807, 2.05) is 0 Å². The molecule has 0 amide bonds. The van der Waals surface area contributed by atoms with Crippen molar-refractivity contribution in [2.75, 3.05) is 19.6 Å². The third-order valence-electron chi connectivity index (χ3n) is 3.84. The predicted octanol–water partition coefficient (Wildman–Crippen LogP) is 2.63. The molecule has 2 heteroatoms. The molecule has 15 heavy (non-hydrogen) atoms. The fourth-order valence-corrected chi connectivity index (χ4v) is 2.48. The van der Waals surface area contributed by atoms with E-state index in [9.17, 15) is 0 Å². The van der Waals surface area contributed by atoms with E-state index in [1.54, 1.807) is 0 Å². The van der Waals surface area contributed by atoms with E-state index in [1.165, 1.54) is 32.2 Å². The van der Waals surface area contributed by atoms with Crippen molar-refractivity contribution in [3.63, 3.8) is 0 Å². The Labute approximate surface area is 95.2 Å². The highest BCUT2D eigenvalue weighted by molar-refractivity contribution is 4.98. The highest BCUT2D eigenvalue weighted by Crippen LogP contribution is 2.24. The lowest BCUT2D eigenvalue weighted by Gasteiger charge is -2.48. The normalized spacial score (nSPS) is 22.4. The van der Waals surface area contributed by atoms with Crippen LogP contribution in [0.3, 0.4) is 0 Å². The Morgan fingerprint density at radius 3 is 2.40 bits per heavy atom. The van der Waals surface area contributed by atoms with Crippen molar-refractivity contribution < 1.29 is 0 Å². The zero-order valence-corrected chi connectivity index (χ0v) is 10.8. The van der Waals surface area contributed by atoms with E-state index in [2.05, 4.69) is 25.7 Å². The first-order chi connectivity index (χ1) is 7.13. The number of hydrogen-bond acceptors (Lipinski definition) is 2. The van der Waals surface area contributed by atoms with Crippen LogP contribution in [0.4, 0.5) is 0 Å². The second kappa shape index (κ2) is 5.86. The zero-order valence-electron chi connectivity index (χ0n) is 10.8. The molecule has 0 bridgehead atoms. The summed E-state index contributed by atoms with van der Waals surface area (Å²) in [5, 5.41) is 0. The van der Waals surface area contributed by atoms with Gasteiger partial charge in [0.25, 0.3) is 0 Å². The van der Waals surface area contributed by atoms with Gasteiger partial charge in [0, 0.05) is 25.2 Å². The zero-order chi connectivity index (χ0) is 11.3. The Hall–Kier alpha value is -0.0800. The molecule has 1 saturated heterocycles. The van der Waals surface area contributed by atoms with Gasteiger partial charge in [0.15, 0.2) is 0 Å². The van der Waals surface area contributed by atoms with Crippen LogP contribution in [-0.2, 0) is 0 Å². The second-order valence-corrected chi connectivity index (χ2v) is 5.30. The van der Waals surface area contributed by atoms with Crippen molar-refractivity contribution in [1.82, 2.24) is 4.90 Å². The van der Waals surface area contributed by atoms with Crippen LogP contribution < -0.4 is 5.73 Å². The third-order valence-corrected chi connectivity index (χ3v) is 3.84. The minimum Gasteiger partial charge on any atom is -0.323 e. The molecule has 1 heterocycles. The van der Waals surface area contributed by atoms with Gasteiger partial charge in [-0.15, -0.1) is 0 Å². The maximum atomic E-state index is 6.17. The average Bonchev–Trinajstić information content (AvgIpc) is 2.21. The summed E-state index contributed by atoms with van der Waals surface area (Å²) in [7, 11) is 0. The minimum absolute atomic E-state index is 0.142. The van der Waals surface area contributed by atoms with Crippen molar-refractivity contribution in [1.29, 1.82) is 0 Å². The third kappa shape index (κ3) is 3.76. The Morgan fingerprint density at radius 1 is 1.27 bits per heavy atom. The van der Waals surface area contributed by atoms with Crippen LogP contribution in [0, 0.1) is 5.92 Å². The van der Waals surface area contributed by atoms with Crippen LogP contribution >= 0.6 is 0 Å². The van der Waals surface area contributed by atoms with Gasteiger partial charge in [0.05, 0.1) is 0 Å². The van der Waals surface area contributed by atoms with Gasteiger partial charge in [-0.25, -0.2) is 0 Å². The molecule has 1 aliphatic rings. The van der Waals surface area contributed by atoms with Crippen LogP contribution in [0.5, 0.6) is 0 Å². The van der Waals surface area contributed by atoms with Crippen LogP contribution in [0.2, 0.25) is 0 Å². The number of likely N-dealkylation sites (tertiary alicyclic amines) is 1. The van der Waals surface area contributed by atoms with Gasteiger partial charge in [-0.1, -0.05) is 40.0 Å². The first-order valence-corrected chi connectivity index (χ1v) is 6.64. The largest absolute Gasteiger partial charge is 0.323 e. The monoisotopic (exact) mass is 212 g/mol. The SMILES string of the molecule is CCCCC(CC)CN1CC(N)(CC)C1. The Bertz CT molecular complexity index is 173. The molecule has 1 unspecified atom stereocenters. The molecule has 0 aliphatic carbocycles. The fraction of sp³-hybridized carbons (Fsp3) is 1.00. The summed E-state index contributed by atoms with van der Waals surface area (Å²) < 4.78 is 0. The predicted molar refractivity (Wildman–Crippen MR) is 67.0 cm³/mol. The molecule has 1 fully saturated rings. The maximum absolute atomic E-state index is 6.17. The van der Waals surface area contributed by atoms with Crippen LogP contribution in [0.1, 0.15) is 52.9 Å². The number of nitrogens with zero attached hydrogens (tertiary/aromatic N) is 1. The fourth-order valence-electron chi connectivity index (χ4n) is 2.48. The summed E-state index contributed by atoms with van der Waals surface area (Å²) in [6.07, 6.45) is 6.54. The molecule has 2 nitrogen and oxygen atoms in total. The topological polar surface area (TPSA) is 29.3 Å². The second-order valence-electron chi connectivity index (χ2n) is 5.30. The van der Waals surface area contributed by atoms with E-state index in [-0.39, 0.29) is 5.54 Å². The van der Waals surface area contributed by atoms with Crippen molar-refractivity contribution >= 4 is 0 Å². The summed E-state index contributed by atoms with van der Waals surface area (Å²) in [6, 6.07) is 0. The van der Waals surface area contributed by atoms with Gasteiger partial charge in [-0.2, -0.15) is 0 Å². The summed E-state index contributed by atoms with van der Waals surface area (Å²) in [5.74, 6) is 0.895. The van der Waals surface area contributed by atoms with E-state index in [0.717, 1.165) is 25.4 Å². The minimum atomic E-state index is 0.142. The molecule has 0 spiro atoms. The Balaban J connectivity index is 2.18. The molecule has 0 saturated carbocycles. The molecular weight excluding hydrogens is 184 g/mol. The molecule has 90 valence electrons. The summed E-state index contributed by atoms with van der Waals surface area (Å²) in [6.45, 7) is 10.3. The first kappa shape index (κ1) is 13.0. The van der Waals surface area contributed by atoms with Gasteiger partial charge >= 0.3 is 0 Å². The van der Waals surface area contributed by atoms with Crippen molar-refractivity contribution in [2.45, 2.75) is 58.4 Å². The molecule has 1 atom stereocenters. The summed E-state index contributed by atoms with van der Waals surface area (Å²) >= 11 is 0. The van der Waals surface area contributed by atoms with E-state index in [4.69, 9.17) is 5.73 Å². The first-order valence-electron chi connectivity index (χ1n) is 6.64. The van der Waals surface area contributed by atoms with Gasteiger partial charge in [-0.05, 0) is 18.8 Å². The van der Waals surface area contributed by atoms with Crippen LogP contribution in [0.15, 0.2) is 0 Å². The van der Waals surface area contributed by atoms with Crippen LogP contribution in [-0.4, -0.2) is 30.1 Å². The lowest BCUT2D eigenvalue weighted by Crippen LogP contribution is -2.67. The molecule has 0 aromatic carbocycles. The van der Waals surface area contributed by atoms with Gasteiger partial charge in [0.1, 0.15) is 0 Å². The highest BCUT2D eigenvalue weighted by Gasteiger charge is 2.37. The Morgan fingerprint density at radius 2 is 1.93 bits per heavy atom. The number of hydrogen-bond donors (Lipinski definition) is 1. The number of unbranched alkanes of at least 4 members (excludes halogenated alkanes) is 1. The quantitative estimate of drug-likeness (QED) is 0.703. The van der Waals surface area contributed by atoms with Crippen molar-refractivity contribution in [2.24, 2.45) is 11.7 Å². The summed E-state index contributed by atoms with van der Waals surface area (Å²) in [4.78, 5) is 2.54. The molecule has 1 rings (SSSR count). The Kier molecular flexibility index (Phi) is 5.07. The van der Waals surface area contributed by atoms with E-state index >= 15 is 0 Å². The molecule has 0 radical (unpaired) electrons. The van der Waals surface area contributed by atoms with Crippen molar-refractivity contribution in [3.8, 4) is 0 Å². The number of nitrogens with two attached hydrogens (primary N) is 1. The van der Waals surface area contributed by atoms with E-state index in [0.29, 0.717) is 0 Å². The smallest absolute Gasteiger partial charge is 0.0409 e. The molecule has 1 aliphatic heterocycles. The van der Waals surface area contributed by atoms with Crippen LogP contribution in [0.25, 0.3) is 0 Å². The lowest BCUT2D eigenvalue weighted by atomic mass is 9.86. The molecule has 0 aromatic rings. The molecule has 2 N–H and O–H groups in total. The average molecular weight is 212 g/mol. The molecular formula is C13H28N2. The van der Waals surface area contributed by atoms with Gasteiger partial charge < -0.3 is 5.73 Å². The number of rotatable bonds is 7. The van der Waals surface area contributed by atoms with Gasteiger partial charge in [-0.3, -0.25) is 4.90 Å². The lowest BCUT2D eigenvalue weighted by molar-refractivity contribution is 0.0502. The van der Waals surface area contributed by atoms with Gasteiger partial charge in [0.2, 0.25) is 0 Å². The maximum Gasteiger partial charge on any atom is 0.0409 e. The summed E-state index contributed by atoms with van der Waals surface area (Å²) in [5.41, 5.74) is 6.31. The highest BCUT2D eigenvalue weighted by atomic mass is 15.2.